The molecule has 0 aliphatic rings. The van der Waals surface area contributed by atoms with Crippen molar-refractivity contribution in [3.63, 3.8) is 0 Å². The molecule has 0 saturated heterocycles. The van der Waals surface area contributed by atoms with Gasteiger partial charge >= 0.3 is 0 Å². The average molecular weight is 218 g/mol. The molecule has 0 saturated carbocycles. The number of nitriles is 1. The van der Waals surface area contributed by atoms with Crippen molar-refractivity contribution in [3.8, 4) is 6.07 Å². The van der Waals surface area contributed by atoms with E-state index in [0.717, 1.165) is 11.1 Å². The van der Waals surface area contributed by atoms with E-state index in [4.69, 9.17) is 10.1 Å². The van der Waals surface area contributed by atoms with Crippen LogP contribution in [0.1, 0.15) is 37.5 Å². The van der Waals surface area contributed by atoms with Gasteiger partial charge in [-0.2, -0.15) is 10.7 Å². The first-order valence-corrected chi connectivity index (χ1v) is 5.33. The molecule has 0 aromatic heterocycles. The summed E-state index contributed by atoms with van der Waals surface area (Å²) >= 11 is 0. The number of nitrogens with one attached hydrogen (secondary N) is 1. The van der Waals surface area contributed by atoms with Gasteiger partial charge in [0.1, 0.15) is 0 Å². The van der Waals surface area contributed by atoms with Crippen LogP contribution in [0.15, 0.2) is 18.2 Å². The number of hydrogen-bond acceptors (Lipinski definition) is 3. The first kappa shape index (κ1) is 12.7. The third-order valence-corrected chi connectivity index (χ3v) is 2.11. The van der Waals surface area contributed by atoms with Crippen LogP contribution in [0.5, 0.6) is 0 Å². The molecule has 86 valence electrons. The molecule has 0 atom stereocenters. The van der Waals surface area contributed by atoms with Gasteiger partial charge in [0.2, 0.25) is 0 Å². The lowest BCUT2D eigenvalue weighted by atomic mass is 10.1. The number of aryl methyl sites for hydroxylation is 1. The Labute approximate surface area is 97.0 Å². The van der Waals surface area contributed by atoms with E-state index in [2.05, 4.69) is 11.5 Å². The normalized spacial score (nSPS) is 11.2. The Kier molecular flexibility index (Phi) is 4.05. The number of hydroxylamine groups is 1. The third kappa shape index (κ3) is 4.01. The van der Waals surface area contributed by atoms with Crippen molar-refractivity contribution in [2.24, 2.45) is 0 Å². The summed E-state index contributed by atoms with van der Waals surface area (Å²) in [6.07, 6.45) is 0. The van der Waals surface area contributed by atoms with E-state index in [0.29, 0.717) is 12.1 Å². The Hall–Kier alpha value is -1.37. The van der Waals surface area contributed by atoms with Crippen LogP contribution in [0.2, 0.25) is 0 Å². The minimum atomic E-state index is -0.194. The van der Waals surface area contributed by atoms with Crippen LogP contribution in [-0.4, -0.2) is 5.60 Å². The van der Waals surface area contributed by atoms with Crippen LogP contribution in [0.25, 0.3) is 0 Å². The van der Waals surface area contributed by atoms with Gasteiger partial charge in [0.05, 0.1) is 17.2 Å². The molecule has 0 aliphatic heterocycles. The average Bonchev–Trinajstić information content (AvgIpc) is 2.18. The Morgan fingerprint density at radius 2 is 2.06 bits per heavy atom. The lowest BCUT2D eigenvalue weighted by Crippen LogP contribution is -2.28. The molecule has 0 fully saturated rings. The Bertz CT molecular complexity index is 399. The minimum absolute atomic E-state index is 0.194. The van der Waals surface area contributed by atoms with Crippen molar-refractivity contribution in [3.05, 3.63) is 34.9 Å². The molecule has 1 rings (SSSR count). The molecule has 16 heavy (non-hydrogen) atoms. The topological polar surface area (TPSA) is 45.0 Å². The number of rotatable bonds is 3. The summed E-state index contributed by atoms with van der Waals surface area (Å²) in [5.41, 5.74) is 5.68. The molecule has 3 nitrogen and oxygen atoms in total. The van der Waals surface area contributed by atoms with Gasteiger partial charge in [0.15, 0.2) is 0 Å². The standard InChI is InChI=1S/C13H18N2O/c1-10-7-11(8-14)5-6-12(10)9-15-16-13(2,3)4/h5-7,15H,9H2,1-4H3. The van der Waals surface area contributed by atoms with Crippen molar-refractivity contribution in [1.82, 2.24) is 5.48 Å². The molecule has 0 radical (unpaired) electrons. The Balaban J connectivity index is 2.59. The minimum Gasteiger partial charge on any atom is -0.296 e. The molecule has 0 amide bonds. The van der Waals surface area contributed by atoms with Crippen LogP contribution in [0.3, 0.4) is 0 Å². The maximum Gasteiger partial charge on any atom is 0.0991 e. The number of hydrogen-bond donors (Lipinski definition) is 1. The van der Waals surface area contributed by atoms with Crippen molar-refractivity contribution in [1.29, 1.82) is 5.26 Å². The summed E-state index contributed by atoms with van der Waals surface area (Å²) in [4.78, 5) is 5.43. The summed E-state index contributed by atoms with van der Waals surface area (Å²) in [6, 6.07) is 7.78. The molecule has 0 bridgehead atoms. The fourth-order valence-corrected chi connectivity index (χ4v) is 1.29. The smallest absolute Gasteiger partial charge is 0.0991 e. The van der Waals surface area contributed by atoms with Crippen molar-refractivity contribution in [2.75, 3.05) is 0 Å². The molecule has 3 heteroatoms. The van der Waals surface area contributed by atoms with Crippen molar-refractivity contribution >= 4 is 0 Å². The fourth-order valence-electron chi connectivity index (χ4n) is 1.29. The maximum absolute atomic E-state index is 8.75. The third-order valence-electron chi connectivity index (χ3n) is 2.11. The molecular formula is C13H18N2O. The largest absolute Gasteiger partial charge is 0.296 e. The van der Waals surface area contributed by atoms with Crippen LogP contribution in [-0.2, 0) is 11.4 Å². The molecule has 0 spiro atoms. The molecule has 1 aromatic rings. The lowest BCUT2D eigenvalue weighted by Gasteiger charge is -2.19. The predicted octanol–water partition coefficient (Wildman–Crippen LogP) is 2.69. The van der Waals surface area contributed by atoms with Crippen molar-refractivity contribution < 1.29 is 4.84 Å². The van der Waals surface area contributed by atoms with Gasteiger partial charge in [-0.05, 0) is 51.0 Å². The second-order valence-electron chi connectivity index (χ2n) is 4.79. The molecule has 0 heterocycles. The summed E-state index contributed by atoms with van der Waals surface area (Å²) in [5, 5.41) is 8.75. The van der Waals surface area contributed by atoms with Crippen LogP contribution < -0.4 is 5.48 Å². The van der Waals surface area contributed by atoms with Gasteiger partial charge in [-0.1, -0.05) is 6.07 Å². The van der Waals surface area contributed by atoms with Gasteiger partial charge in [-0.25, -0.2) is 0 Å². The van der Waals surface area contributed by atoms with Crippen LogP contribution >= 0.6 is 0 Å². The molecular weight excluding hydrogens is 200 g/mol. The second-order valence-corrected chi connectivity index (χ2v) is 4.79. The summed E-state index contributed by atoms with van der Waals surface area (Å²) in [6.45, 7) is 8.62. The second kappa shape index (κ2) is 5.11. The van der Waals surface area contributed by atoms with Crippen molar-refractivity contribution in [2.45, 2.75) is 39.8 Å². The first-order valence-electron chi connectivity index (χ1n) is 5.33. The quantitative estimate of drug-likeness (QED) is 0.793. The zero-order valence-electron chi connectivity index (χ0n) is 10.3. The first-order chi connectivity index (χ1) is 7.42. The highest BCUT2D eigenvalue weighted by atomic mass is 16.7. The summed E-state index contributed by atoms with van der Waals surface area (Å²) < 4.78 is 0. The number of nitrogens with zero attached hydrogens (tertiary/aromatic N) is 1. The maximum atomic E-state index is 8.75. The van der Waals surface area contributed by atoms with Gasteiger partial charge in [-0.15, -0.1) is 0 Å². The summed E-state index contributed by atoms with van der Waals surface area (Å²) in [5.74, 6) is 0. The van der Waals surface area contributed by atoms with E-state index in [-0.39, 0.29) is 5.60 Å². The van der Waals surface area contributed by atoms with Gasteiger partial charge in [-0.3, -0.25) is 4.84 Å². The predicted molar refractivity (Wildman–Crippen MR) is 63.6 cm³/mol. The molecule has 1 N–H and O–H groups in total. The van der Waals surface area contributed by atoms with E-state index in [1.54, 1.807) is 0 Å². The molecule has 0 aliphatic carbocycles. The Morgan fingerprint density at radius 3 is 2.56 bits per heavy atom. The zero-order chi connectivity index (χ0) is 12.2. The van der Waals surface area contributed by atoms with E-state index in [1.807, 2.05) is 45.9 Å². The molecule has 1 aromatic carbocycles. The van der Waals surface area contributed by atoms with Gasteiger partial charge < -0.3 is 0 Å². The highest BCUT2D eigenvalue weighted by molar-refractivity contribution is 5.37. The van der Waals surface area contributed by atoms with E-state index in [9.17, 15) is 0 Å². The monoisotopic (exact) mass is 218 g/mol. The highest BCUT2D eigenvalue weighted by Gasteiger charge is 2.10. The molecule has 0 unspecified atom stereocenters. The van der Waals surface area contributed by atoms with E-state index in [1.165, 1.54) is 0 Å². The van der Waals surface area contributed by atoms with Crippen LogP contribution in [0.4, 0.5) is 0 Å². The van der Waals surface area contributed by atoms with E-state index >= 15 is 0 Å². The number of benzene rings is 1. The Morgan fingerprint density at radius 1 is 1.38 bits per heavy atom. The zero-order valence-corrected chi connectivity index (χ0v) is 10.3. The lowest BCUT2D eigenvalue weighted by molar-refractivity contribution is -0.0758. The SMILES string of the molecule is Cc1cc(C#N)ccc1CNOC(C)(C)C. The van der Waals surface area contributed by atoms with Gasteiger partial charge in [0, 0.05) is 6.54 Å². The van der Waals surface area contributed by atoms with Crippen LogP contribution in [0, 0.1) is 18.3 Å². The van der Waals surface area contributed by atoms with E-state index < -0.39 is 0 Å². The summed E-state index contributed by atoms with van der Waals surface area (Å²) in [7, 11) is 0. The highest BCUT2D eigenvalue weighted by Crippen LogP contribution is 2.11. The van der Waals surface area contributed by atoms with Gasteiger partial charge in [0.25, 0.3) is 0 Å². The fraction of sp³-hybridized carbons (Fsp3) is 0.462.